The maximum absolute atomic E-state index is 12.8. The number of likely N-dealkylation sites (N-methyl/N-ethyl adjacent to an activating group) is 1. The zero-order chi connectivity index (χ0) is 12.3. The molecule has 0 bridgehead atoms. The number of ether oxygens (including phenoxy) is 1. The van der Waals surface area contributed by atoms with Gasteiger partial charge in [-0.1, -0.05) is 0 Å². The molecule has 2 unspecified atom stereocenters. The van der Waals surface area contributed by atoms with Crippen LogP contribution in [0.4, 0.5) is 10.1 Å². The summed E-state index contributed by atoms with van der Waals surface area (Å²) in [6.07, 6.45) is 1.04. The first kappa shape index (κ1) is 12.3. The summed E-state index contributed by atoms with van der Waals surface area (Å²) in [6.45, 7) is 2.34. The lowest BCUT2D eigenvalue weighted by atomic mass is 9.99. The number of rotatable bonds is 4. The van der Waals surface area contributed by atoms with Crippen LogP contribution >= 0.6 is 0 Å². The Labute approximate surface area is 101 Å². The summed E-state index contributed by atoms with van der Waals surface area (Å²) in [5.74, 6) is 0.230. The predicted octanol–water partition coefficient (Wildman–Crippen LogP) is 1.63. The summed E-state index contributed by atoms with van der Waals surface area (Å²) in [7, 11) is 1.98. The van der Waals surface area contributed by atoms with Gasteiger partial charge in [0.15, 0.2) is 0 Å². The van der Waals surface area contributed by atoms with E-state index in [1.165, 1.54) is 12.1 Å². The second kappa shape index (κ2) is 5.47. The number of anilines is 1. The molecule has 1 aliphatic rings. The highest BCUT2D eigenvalue weighted by atomic mass is 19.1. The standard InChI is InChI=1S/C13H19FN2O/c1-16(12-4-2-11(14)3-5-12)8-13(15)10-6-7-17-9-10/h2-5,10,13H,6-9,15H2,1H3. The Kier molecular flexibility index (Phi) is 3.97. The van der Waals surface area contributed by atoms with Crippen molar-refractivity contribution in [1.29, 1.82) is 0 Å². The average molecular weight is 238 g/mol. The van der Waals surface area contributed by atoms with Gasteiger partial charge in [-0.05, 0) is 30.7 Å². The highest BCUT2D eigenvalue weighted by Gasteiger charge is 2.23. The van der Waals surface area contributed by atoms with Crippen molar-refractivity contribution in [2.24, 2.45) is 11.7 Å². The van der Waals surface area contributed by atoms with Crippen LogP contribution in [0, 0.1) is 11.7 Å². The molecule has 17 heavy (non-hydrogen) atoms. The Bertz CT molecular complexity index is 349. The van der Waals surface area contributed by atoms with Gasteiger partial charge >= 0.3 is 0 Å². The van der Waals surface area contributed by atoms with Crippen molar-refractivity contribution in [2.75, 3.05) is 31.7 Å². The lowest BCUT2D eigenvalue weighted by molar-refractivity contribution is 0.181. The Morgan fingerprint density at radius 2 is 2.18 bits per heavy atom. The summed E-state index contributed by atoms with van der Waals surface area (Å²) in [4.78, 5) is 2.06. The van der Waals surface area contributed by atoms with Crippen LogP contribution in [0.25, 0.3) is 0 Å². The van der Waals surface area contributed by atoms with Crippen LogP contribution in [0.3, 0.4) is 0 Å². The second-order valence-electron chi connectivity index (χ2n) is 4.64. The maximum Gasteiger partial charge on any atom is 0.123 e. The molecule has 0 aromatic heterocycles. The van der Waals surface area contributed by atoms with E-state index in [2.05, 4.69) is 4.90 Å². The van der Waals surface area contributed by atoms with Gasteiger partial charge < -0.3 is 15.4 Å². The summed E-state index contributed by atoms with van der Waals surface area (Å²) in [5.41, 5.74) is 7.14. The molecule has 4 heteroatoms. The molecule has 3 nitrogen and oxygen atoms in total. The first-order valence-corrected chi connectivity index (χ1v) is 5.97. The highest BCUT2D eigenvalue weighted by molar-refractivity contribution is 5.45. The van der Waals surface area contributed by atoms with Gasteiger partial charge in [0.1, 0.15) is 5.82 Å². The molecule has 2 N–H and O–H groups in total. The van der Waals surface area contributed by atoms with Crippen molar-refractivity contribution >= 4 is 5.69 Å². The largest absolute Gasteiger partial charge is 0.381 e. The molecule has 1 aromatic rings. The first-order valence-electron chi connectivity index (χ1n) is 5.97. The van der Waals surface area contributed by atoms with Crippen molar-refractivity contribution in [3.63, 3.8) is 0 Å². The molecular formula is C13H19FN2O. The van der Waals surface area contributed by atoms with Crippen LogP contribution in [-0.4, -0.2) is 32.8 Å². The van der Waals surface area contributed by atoms with Crippen LogP contribution in [0.15, 0.2) is 24.3 Å². The number of benzene rings is 1. The zero-order valence-electron chi connectivity index (χ0n) is 10.1. The van der Waals surface area contributed by atoms with E-state index in [1.807, 2.05) is 7.05 Å². The Hall–Kier alpha value is -1.13. The SMILES string of the molecule is CN(CC(N)C1CCOC1)c1ccc(F)cc1. The van der Waals surface area contributed by atoms with Gasteiger partial charge in [-0.25, -0.2) is 4.39 Å². The van der Waals surface area contributed by atoms with Crippen LogP contribution < -0.4 is 10.6 Å². The molecule has 1 aromatic carbocycles. The molecule has 0 spiro atoms. The Morgan fingerprint density at radius 1 is 1.47 bits per heavy atom. The summed E-state index contributed by atoms with van der Waals surface area (Å²) in [6, 6.07) is 6.58. The van der Waals surface area contributed by atoms with Crippen molar-refractivity contribution in [2.45, 2.75) is 12.5 Å². The van der Waals surface area contributed by atoms with E-state index in [9.17, 15) is 4.39 Å². The minimum atomic E-state index is -0.212. The number of hydrogen-bond donors (Lipinski definition) is 1. The van der Waals surface area contributed by atoms with E-state index >= 15 is 0 Å². The third-order valence-electron chi connectivity index (χ3n) is 3.32. The van der Waals surface area contributed by atoms with Gasteiger partial charge in [-0.3, -0.25) is 0 Å². The molecule has 1 aliphatic heterocycles. The Morgan fingerprint density at radius 3 is 2.76 bits per heavy atom. The van der Waals surface area contributed by atoms with Crippen molar-refractivity contribution in [3.8, 4) is 0 Å². The lowest BCUT2D eigenvalue weighted by Gasteiger charge is -2.26. The van der Waals surface area contributed by atoms with Gasteiger partial charge in [-0.2, -0.15) is 0 Å². The van der Waals surface area contributed by atoms with E-state index in [-0.39, 0.29) is 11.9 Å². The highest BCUT2D eigenvalue weighted by Crippen LogP contribution is 2.18. The third-order valence-corrected chi connectivity index (χ3v) is 3.32. The van der Waals surface area contributed by atoms with E-state index in [1.54, 1.807) is 12.1 Å². The lowest BCUT2D eigenvalue weighted by Crippen LogP contribution is -2.41. The monoisotopic (exact) mass is 238 g/mol. The third kappa shape index (κ3) is 3.17. The fourth-order valence-corrected chi connectivity index (χ4v) is 2.16. The molecule has 94 valence electrons. The molecule has 1 fully saturated rings. The van der Waals surface area contributed by atoms with Crippen LogP contribution in [0.2, 0.25) is 0 Å². The minimum Gasteiger partial charge on any atom is -0.381 e. The molecule has 0 amide bonds. The van der Waals surface area contributed by atoms with Crippen LogP contribution in [0.1, 0.15) is 6.42 Å². The normalized spacial score (nSPS) is 21.5. The Balaban J connectivity index is 1.91. The fourth-order valence-electron chi connectivity index (χ4n) is 2.16. The van der Waals surface area contributed by atoms with Gasteiger partial charge in [-0.15, -0.1) is 0 Å². The van der Waals surface area contributed by atoms with Crippen molar-refractivity contribution in [3.05, 3.63) is 30.1 Å². The summed E-state index contributed by atoms with van der Waals surface area (Å²) < 4.78 is 18.1. The van der Waals surface area contributed by atoms with Crippen LogP contribution in [-0.2, 0) is 4.74 Å². The quantitative estimate of drug-likeness (QED) is 0.866. The number of hydrogen-bond acceptors (Lipinski definition) is 3. The number of nitrogens with zero attached hydrogens (tertiary/aromatic N) is 1. The molecule has 0 aliphatic carbocycles. The molecular weight excluding hydrogens is 219 g/mol. The van der Waals surface area contributed by atoms with Gasteiger partial charge in [0.2, 0.25) is 0 Å². The molecule has 2 atom stereocenters. The number of halogens is 1. The molecule has 2 rings (SSSR count). The molecule has 0 radical (unpaired) electrons. The molecule has 1 saturated heterocycles. The summed E-state index contributed by atoms with van der Waals surface area (Å²) in [5, 5.41) is 0. The predicted molar refractivity (Wildman–Crippen MR) is 66.6 cm³/mol. The topological polar surface area (TPSA) is 38.5 Å². The minimum absolute atomic E-state index is 0.104. The van der Waals surface area contributed by atoms with Crippen molar-refractivity contribution < 1.29 is 9.13 Å². The van der Waals surface area contributed by atoms with E-state index in [0.29, 0.717) is 5.92 Å². The number of nitrogens with two attached hydrogens (primary N) is 1. The van der Waals surface area contributed by atoms with E-state index in [4.69, 9.17) is 10.5 Å². The smallest absolute Gasteiger partial charge is 0.123 e. The van der Waals surface area contributed by atoms with Crippen LogP contribution in [0.5, 0.6) is 0 Å². The van der Waals surface area contributed by atoms with E-state index in [0.717, 1.165) is 31.9 Å². The van der Waals surface area contributed by atoms with Crippen molar-refractivity contribution in [1.82, 2.24) is 0 Å². The summed E-state index contributed by atoms with van der Waals surface area (Å²) >= 11 is 0. The first-order chi connectivity index (χ1) is 8.16. The second-order valence-corrected chi connectivity index (χ2v) is 4.64. The average Bonchev–Trinajstić information content (AvgIpc) is 2.83. The van der Waals surface area contributed by atoms with Gasteiger partial charge in [0.25, 0.3) is 0 Å². The van der Waals surface area contributed by atoms with Gasteiger partial charge in [0.05, 0.1) is 6.61 Å². The van der Waals surface area contributed by atoms with E-state index < -0.39 is 0 Å². The van der Waals surface area contributed by atoms with Gasteiger partial charge in [0, 0.05) is 37.8 Å². The molecule has 0 saturated carbocycles. The molecule has 1 heterocycles. The zero-order valence-corrected chi connectivity index (χ0v) is 10.1. The fraction of sp³-hybridized carbons (Fsp3) is 0.538. The maximum atomic E-state index is 12.8.